The first-order valence-electron chi connectivity index (χ1n) is 12.3. The highest BCUT2D eigenvalue weighted by molar-refractivity contribution is 7.46. The van der Waals surface area contributed by atoms with Gasteiger partial charge in [-0.05, 0) is 6.42 Å². The van der Waals surface area contributed by atoms with E-state index in [1.807, 2.05) is 0 Å². The van der Waals surface area contributed by atoms with E-state index in [1.54, 1.807) is 5.20 Å². The zero-order valence-electron chi connectivity index (χ0n) is 19.8. The van der Waals surface area contributed by atoms with Crippen LogP contribution in [0.2, 0.25) is 12.5 Å². The van der Waals surface area contributed by atoms with E-state index < -0.39 is 7.94 Å². The minimum absolute atomic E-state index is 0.371. The van der Waals surface area contributed by atoms with Gasteiger partial charge in [-0.2, -0.15) is 0 Å². The van der Waals surface area contributed by atoms with E-state index in [0.29, 0.717) is 13.0 Å². The molecule has 4 aromatic rings. The Balaban J connectivity index is 1.68. The van der Waals surface area contributed by atoms with Crippen molar-refractivity contribution in [1.82, 2.24) is 0 Å². The molecule has 1 aliphatic carbocycles. The fraction of sp³-hybridized carbons (Fsp3) is 0.0968. The smallest absolute Gasteiger partial charge is 0.0839 e. The summed E-state index contributed by atoms with van der Waals surface area (Å²) in [5.74, 6) is 1.17. The maximum absolute atomic E-state index is 2.63. The first-order chi connectivity index (χ1) is 16.8. The molecule has 0 saturated carbocycles. The van der Waals surface area contributed by atoms with E-state index in [0.717, 1.165) is 6.42 Å². The zero-order chi connectivity index (χ0) is 23.2. The Hall–Kier alpha value is -3.29. The Labute approximate surface area is 206 Å². The predicted molar refractivity (Wildman–Crippen MR) is 154 cm³/mol. The van der Waals surface area contributed by atoms with Crippen molar-refractivity contribution in [2.45, 2.75) is 18.9 Å². The maximum Gasteiger partial charge on any atom is 0.206 e. The number of allylic oxidation sites excluding steroid dienone is 4. The van der Waals surface area contributed by atoms with Crippen LogP contribution in [0.5, 0.6) is 0 Å². The lowest BCUT2D eigenvalue weighted by Gasteiger charge is -2.38. The van der Waals surface area contributed by atoms with Gasteiger partial charge in [0.05, 0.1) is 7.94 Å². The quantitative estimate of drug-likeness (QED) is 0.340. The van der Waals surface area contributed by atoms with Crippen molar-refractivity contribution in [3.63, 3.8) is 0 Å². The summed E-state index contributed by atoms with van der Waals surface area (Å²) >= 11 is 0. The van der Waals surface area contributed by atoms with Gasteiger partial charge in [0.15, 0.2) is 0 Å². The van der Waals surface area contributed by atoms with Crippen LogP contribution in [0.15, 0.2) is 145 Å². The molecule has 0 N–H and O–H groups in total. The van der Waals surface area contributed by atoms with Gasteiger partial charge >= 0.3 is 0 Å². The summed E-state index contributed by atoms with van der Waals surface area (Å²) in [5, 5.41) is 1.65. The molecule has 164 valence electrons. The van der Waals surface area contributed by atoms with Gasteiger partial charge in [0.2, 0.25) is 13.0 Å². The molecule has 0 spiro atoms. The molecule has 0 aromatic heterocycles. The molecule has 5 rings (SSSR count). The zero-order valence-corrected chi connectivity index (χ0v) is 20.8. The molecule has 0 heterocycles. The summed E-state index contributed by atoms with van der Waals surface area (Å²) in [7, 11) is -2.06. The topological polar surface area (TPSA) is 0 Å². The molecule has 1 atom stereocenters. The maximum atomic E-state index is 2.63. The van der Waals surface area contributed by atoms with Crippen LogP contribution in [0.4, 0.5) is 0 Å². The standard InChI is InChI=1S/C31H30B2Si/c1-34(31-24-14-15-25-31,33(29-20-10-4-11-21-29)30-22-12-5-13-23-30)26-32(27-16-6-2-7-17-27)28-18-8-3-9-19-28/h2-24H,25-26H2,1H3. The number of hydrogen-bond acceptors (Lipinski definition) is 0. The Bertz CT molecular complexity index is 1180. The second kappa shape index (κ2) is 10.3. The summed E-state index contributed by atoms with van der Waals surface area (Å²) in [6.45, 7) is 3.01. The molecule has 1 aliphatic rings. The molecule has 0 bridgehead atoms. The highest BCUT2D eigenvalue weighted by Crippen LogP contribution is 2.30. The largest absolute Gasteiger partial charge is 0.206 e. The van der Waals surface area contributed by atoms with Gasteiger partial charge in [-0.1, -0.05) is 179 Å². The Morgan fingerprint density at radius 1 is 0.588 bits per heavy atom. The number of benzene rings is 4. The third-order valence-electron chi connectivity index (χ3n) is 7.44. The fourth-order valence-electron chi connectivity index (χ4n) is 5.75. The van der Waals surface area contributed by atoms with Crippen molar-refractivity contribution in [1.29, 1.82) is 0 Å². The van der Waals surface area contributed by atoms with Crippen molar-refractivity contribution in [2.75, 3.05) is 0 Å². The molecule has 0 aliphatic heterocycles. The molecule has 4 aromatic carbocycles. The van der Waals surface area contributed by atoms with E-state index in [9.17, 15) is 0 Å². The number of hydrogen-bond donors (Lipinski definition) is 0. The third kappa shape index (κ3) is 4.67. The van der Waals surface area contributed by atoms with Crippen LogP contribution in [0.1, 0.15) is 6.42 Å². The van der Waals surface area contributed by atoms with Crippen LogP contribution < -0.4 is 21.9 Å². The van der Waals surface area contributed by atoms with Crippen molar-refractivity contribution < 1.29 is 0 Å². The van der Waals surface area contributed by atoms with E-state index in [2.05, 4.69) is 146 Å². The minimum Gasteiger partial charge on any atom is -0.0839 e. The van der Waals surface area contributed by atoms with E-state index >= 15 is 0 Å². The lowest BCUT2D eigenvalue weighted by Crippen LogP contribution is -2.67. The molecule has 0 nitrogen and oxygen atoms in total. The van der Waals surface area contributed by atoms with Gasteiger partial charge in [-0.15, -0.1) is 0 Å². The van der Waals surface area contributed by atoms with E-state index in [1.165, 1.54) is 27.8 Å². The molecule has 0 amide bonds. The van der Waals surface area contributed by atoms with Gasteiger partial charge in [-0.25, -0.2) is 0 Å². The van der Waals surface area contributed by atoms with Crippen LogP contribution in [-0.4, -0.2) is 21.0 Å². The molecule has 0 saturated heterocycles. The highest BCUT2D eigenvalue weighted by Gasteiger charge is 2.46. The van der Waals surface area contributed by atoms with Gasteiger partial charge in [0.1, 0.15) is 0 Å². The molecule has 0 radical (unpaired) electrons. The number of rotatable bonds is 8. The third-order valence-corrected chi connectivity index (χ3v) is 12.5. The summed E-state index contributed by atoms with van der Waals surface area (Å²) in [4.78, 5) is 0. The van der Waals surface area contributed by atoms with Crippen molar-refractivity contribution in [3.05, 3.63) is 145 Å². The van der Waals surface area contributed by atoms with Crippen molar-refractivity contribution in [2.24, 2.45) is 0 Å². The van der Waals surface area contributed by atoms with Crippen LogP contribution in [-0.2, 0) is 0 Å². The normalized spacial score (nSPS) is 14.3. The lowest BCUT2D eigenvalue weighted by atomic mass is 9.42. The summed E-state index contributed by atoms with van der Waals surface area (Å²) < 4.78 is 0. The minimum atomic E-state index is -2.06. The first-order valence-corrected chi connectivity index (χ1v) is 15.1. The monoisotopic (exact) mass is 452 g/mol. The Morgan fingerprint density at radius 3 is 1.38 bits per heavy atom. The first kappa shape index (κ1) is 22.5. The highest BCUT2D eigenvalue weighted by atomic mass is 28.3. The molecule has 0 fully saturated rings. The lowest BCUT2D eigenvalue weighted by molar-refractivity contribution is 1.36. The molecular weight excluding hydrogens is 422 g/mol. The SMILES string of the molecule is C[Si](CB(c1ccccc1)c1ccccc1)(B(c1ccccc1)c1ccccc1)C1=CC=CC1. The van der Waals surface area contributed by atoms with Gasteiger partial charge in [-0.3, -0.25) is 0 Å². The van der Waals surface area contributed by atoms with Crippen LogP contribution in [0, 0.1) is 0 Å². The van der Waals surface area contributed by atoms with Gasteiger partial charge < -0.3 is 0 Å². The predicted octanol–water partition coefficient (Wildman–Crippen LogP) is 4.73. The molecule has 3 heteroatoms. The Morgan fingerprint density at radius 2 is 1.00 bits per heavy atom. The average molecular weight is 452 g/mol. The van der Waals surface area contributed by atoms with Crippen LogP contribution in [0.25, 0.3) is 0 Å². The van der Waals surface area contributed by atoms with Gasteiger partial charge in [0.25, 0.3) is 0 Å². The van der Waals surface area contributed by atoms with Crippen LogP contribution >= 0.6 is 0 Å². The average Bonchev–Trinajstić information content (AvgIpc) is 3.46. The van der Waals surface area contributed by atoms with Crippen molar-refractivity contribution in [3.8, 4) is 0 Å². The molecule has 1 unspecified atom stereocenters. The Kier molecular flexibility index (Phi) is 6.83. The second-order valence-electron chi connectivity index (χ2n) is 9.57. The van der Waals surface area contributed by atoms with Crippen molar-refractivity contribution >= 4 is 42.8 Å². The van der Waals surface area contributed by atoms with E-state index in [4.69, 9.17) is 0 Å². The fourth-order valence-corrected chi connectivity index (χ4v) is 10.9. The second-order valence-corrected chi connectivity index (χ2v) is 14.0. The summed E-state index contributed by atoms with van der Waals surface area (Å²) in [6, 6.07) is 44.7. The summed E-state index contributed by atoms with van der Waals surface area (Å²) in [6.07, 6.45) is 8.52. The van der Waals surface area contributed by atoms with E-state index in [-0.39, 0.29) is 0 Å². The molecule has 34 heavy (non-hydrogen) atoms. The molecular formula is C31H30B2Si. The summed E-state index contributed by atoms with van der Waals surface area (Å²) in [5.41, 5.74) is 5.71. The van der Waals surface area contributed by atoms with Gasteiger partial charge in [0, 0.05) is 0 Å². The van der Waals surface area contributed by atoms with Crippen LogP contribution in [0.3, 0.4) is 0 Å².